The summed E-state index contributed by atoms with van der Waals surface area (Å²) in [5, 5.41) is 0. The fraction of sp³-hybridized carbons (Fsp3) is 0.929. The molecule has 0 N–H and O–H groups in total. The van der Waals surface area contributed by atoms with Crippen molar-refractivity contribution in [1.29, 1.82) is 0 Å². The minimum atomic E-state index is -0.0713. The third-order valence-electron chi connectivity index (χ3n) is 4.83. The third-order valence-corrected chi connectivity index (χ3v) is 5.09. The Labute approximate surface area is 108 Å². The average Bonchev–Trinajstić information content (AvgIpc) is 2.23. The van der Waals surface area contributed by atoms with E-state index >= 15 is 0 Å². The average molecular weight is 257 g/mol. The Hall–Kier alpha value is -0.240. The summed E-state index contributed by atoms with van der Waals surface area (Å²) in [7, 11) is 0. The second-order valence-corrected chi connectivity index (χ2v) is 6.75. The first-order valence-electron chi connectivity index (χ1n) is 6.97. The molecular formula is C14H21ClO2. The zero-order chi connectivity index (χ0) is 11.9. The van der Waals surface area contributed by atoms with E-state index in [1.807, 2.05) is 0 Å². The highest BCUT2D eigenvalue weighted by Crippen LogP contribution is 2.57. The van der Waals surface area contributed by atoms with E-state index in [4.69, 9.17) is 16.3 Å². The molecule has 3 heteroatoms. The van der Waals surface area contributed by atoms with Crippen LogP contribution >= 0.6 is 11.6 Å². The standard InChI is InChI=1S/C14H21ClO2/c15-3-1-2-13(16)17-14-7-10-4-11(8-14)6-12(5-10)9-14/h10-12H,1-9H2. The molecule has 4 rings (SSSR count). The van der Waals surface area contributed by atoms with Gasteiger partial charge in [0.1, 0.15) is 5.60 Å². The smallest absolute Gasteiger partial charge is 0.306 e. The van der Waals surface area contributed by atoms with Crippen LogP contribution in [0.2, 0.25) is 0 Å². The highest BCUT2D eigenvalue weighted by Gasteiger charge is 2.53. The maximum absolute atomic E-state index is 11.8. The van der Waals surface area contributed by atoms with Crippen molar-refractivity contribution in [3.63, 3.8) is 0 Å². The normalized spacial score (nSPS) is 42.8. The molecule has 0 amide bonds. The Morgan fingerprint density at radius 1 is 1.12 bits per heavy atom. The molecule has 0 aliphatic heterocycles. The Bertz CT molecular complexity index is 278. The van der Waals surface area contributed by atoms with E-state index in [-0.39, 0.29) is 11.6 Å². The first-order chi connectivity index (χ1) is 8.19. The number of ether oxygens (including phenoxy) is 1. The molecule has 17 heavy (non-hydrogen) atoms. The summed E-state index contributed by atoms with van der Waals surface area (Å²) in [6.45, 7) is 0. The van der Waals surface area contributed by atoms with E-state index in [9.17, 15) is 4.79 Å². The van der Waals surface area contributed by atoms with Gasteiger partial charge in [0.2, 0.25) is 0 Å². The van der Waals surface area contributed by atoms with Gasteiger partial charge >= 0.3 is 5.97 Å². The molecule has 0 spiro atoms. The Morgan fingerprint density at radius 2 is 1.65 bits per heavy atom. The molecule has 0 aromatic rings. The van der Waals surface area contributed by atoms with Crippen LogP contribution in [0, 0.1) is 17.8 Å². The molecule has 4 fully saturated rings. The number of hydrogen-bond donors (Lipinski definition) is 0. The molecule has 0 unspecified atom stereocenters. The monoisotopic (exact) mass is 256 g/mol. The number of esters is 1. The number of carbonyl (C=O) groups is 1. The van der Waals surface area contributed by atoms with Crippen molar-refractivity contribution in [2.45, 2.75) is 57.0 Å². The van der Waals surface area contributed by atoms with Crippen LogP contribution in [0.5, 0.6) is 0 Å². The summed E-state index contributed by atoms with van der Waals surface area (Å²) in [5.41, 5.74) is -0.0713. The van der Waals surface area contributed by atoms with Gasteiger partial charge in [-0.2, -0.15) is 0 Å². The fourth-order valence-electron chi connectivity index (χ4n) is 4.66. The number of halogens is 1. The number of hydrogen-bond acceptors (Lipinski definition) is 2. The molecule has 0 atom stereocenters. The highest BCUT2D eigenvalue weighted by molar-refractivity contribution is 6.17. The Morgan fingerprint density at radius 3 is 2.12 bits per heavy atom. The maximum atomic E-state index is 11.8. The van der Waals surface area contributed by atoms with Crippen LogP contribution in [0.3, 0.4) is 0 Å². The van der Waals surface area contributed by atoms with Crippen LogP contribution in [0.25, 0.3) is 0 Å². The highest BCUT2D eigenvalue weighted by atomic mass is 35.5. The van der Waals surface area contributed by atoms with Crippen LogP contribution in [0.15, 0.2) is 0 Å². The van der Waals surface area contributed by atoms with Crippen molar-refractivity contribution < 1.29 is 9.53 Å². The summed E-state index contributed by atoms with van der Waals surface area (Å²) in [6.07, 6.45) is 8.79. The molecule has 0 heterocycles. The summed E-state index contributed by atoms with van der Waals surface area (Å²) in [5.74, 6) is 3.04. The number of carbonyl (C=O) groups excluding carboxylic acids is 1. The molecule has 4 aliphatic rings. The summed E-state index contributed by atoms with van der Waals surface area (Å²) < 4.78 is 5.86. The van der Waals surface area contributed by atoms with Gasteiger partial charge in [0.05, 0.1) is 0 Å². The van der Waals surface area contributed by atoms with Crippen LogP contribution in [0.1, 0.15) is 51.4 Å². The van der Waals surface area contributed by atoms with Gasteiger partial charge in [0, 0.05) is 12.3 Å². The molecule has 4 saturated carbocycles. The molecule has 96 valence electrons. The summed E-state index contributed by atoms with van der Waals surface area (Å²) >= 11 is 5.61. The zero-order valence-electron chi connectivity index (χ0n) is 10.3. The topological polar surface area (TPSA) is 26.3 Å². The van der Waals surface area contributed by atoms with Crippen LogP contribution in [-0.4, -0.2) is 17.5 Å². The van der Waals surface area contributed by atoms with E-state index in [0.29, 0.717) is 12.3 Å². The predicted octanol–water partition coefficient (Wildman–Crippen LogP) is 3.52. The third kappa shape index (κ3) is 2.33. The quantitative estimate of drug-likeness (QED) is 0.568. The predicted molar refractivity (Wildman–Crippen MR) is 66.9 cm³/mol. The molecule has 4 aliphatic carbocycles. The second kappa shape index (κ2) is 4.46. The van der Waals surface area contributed by atoms with Gasteiger partial charge in [-0.3, -0.25) is 4.79 Å². The lowest BCUT2D eigenvalue weighted by molar-refractivity contribution is -0.186. The molecule has 2 nitrogen and oxygen atoms in total. The minimum Gasteiger partial charge on any atom is -0.459 e. The first-order valence-corrected chi connectivity index (χ1v) is 7.50. The molecule has 0 saturated heterocycles. The van der Waals surface area contributed by atoms with Gasteiger partial charge < -0.3 is 4.74 Å². The van der Waals surface area contributed by atoms with E-state index in [1.165, 1.54) is 19.3 Å². The van der Waals surface area contributed by atoms with Crippen molar-refractivity contribution >= 4 is 17.6 Å². The van der Waals surface area contributed by atoms with Gasteiger partial charge in [-0.05, 0) is 62.7 Å². The van der Waals surface area contributed by atoms with Crippen molar-refractivity contribution in [3.8, 4) is 0 Å². The fourth-order valence-corrected chi connectivity index (χ4v) is 4.79. The van der Waals surface area contributed by atoms with E-state index in [2.05, 4.69) is 0 Å². The van der Waals surface area contributed by atoms with Crippen LogP contribution in [-0.2, 0) is 9.53 Å². The zero-order valence-corrected chi connectivity index (χ0v) is 11.0. The van der Waals surface area contributed by atoms with E-state index in [1.54, 1.807) is 0 Å². The van der Waals surface area contributed by atoms with Gasteiger partial charge in [-0.15, -0.1) is 11.6 Å². The Balaban J connectivity index is 1.64. The summed E-state index contributed by atoms with van der Waals surface area (Å²) in [6, 6.07) is 0. The minimum absolute atomic E-state index is 0.0207. The lowest BCUT2D eigenvalue weighted by Gasteiger charge is -2.55. The maximum Gasteiger partial charge on any atom is 0.306 e. The second-order valence-electron chi connectivity index (χ2n) is 6.37. The SMILES string of the molecule is O=C(CCCCl)OC12CC3CC(CC(C3)C1)C2. The van der Waals surface area contributed by atoms with Crippen LogP contribution in [0.4, 0.5) is 0 Å². The Kier molecular flexibility index (Phi) is 3.10. The van der Waals surface area contributed by atoms with E-state index < -0.39 is 0 Å². The van der Waals surface area contributed by atoms with Gasteiger partial charge in [0.25, 0.3) is 0 Å². The van der Waals surface area contributed by atoms with Gasteiger partial charge in [0.15, 0.2) is 0 Å². The van der Waals surface area contributed by atoms with Crippen molar-refractivity contribution in [2.75, 3.05) is 5.88 Å². The van der Waals surface area contributed by atoms with Gasteiger partial charge in [-0.25, -0.2) is 0 Å². The lowest BCUT2D eigenvalue weighted by atomic mass is 9.54. The number of alkyl halides is 1. The van der Waals surface area contributed by atoms with Crippen molar-refractivity contribution in [1.82, 2.24) is 0 Å². The largest absolute Gasteiger partial charge is 0.459 e. The number of rotatable bonds is 4. The van der Waals surface area contributed by atoms with Crippen molar-refractivity contribution in [2.24, 2.45) is 17.8 Å². The molecule has 0 radical (unpaired) electrons. The molecule has 0 aromatic heterocycles. The first kappa shape index (κ1) is 11.8. The molecule has 4 bridgehead atoms. The van der Waals surface area contributed by atoms with Crippen molar-refractivity contribution in [3.05, 3.63) is 0 Å². The lowest BCUT2D eigenvalue weighted by Crippen LogP contribution is -2.52. The van der Waals surface area contributed by atoms with E-state index in [0.717, 1.165) is 43.4 Å². The van der Waals surface area contributed by atoms with Gasteiger partial charge in [-0.1, -0.05) is 0 Å². The molecule has 0 aromatic carbocycles. The molecular weight excluding hydrogens is 236 g/mol. The van der Waals surface area contributed by atoms with Crippen LogP contribution < -0.4 is 0 Å². The summed E-state index contributed by atoms with van der Waals surface area (Å²) in [4.78, 5) is 11.8.